The number of aliphatic hydroxyl groups is 1. The molecule has 6 heteroatoms. The van der Waals surface area contributed by atoms with Crippen molar-refractivity contribution < 1.29 is 19.7 Å². The predicted octanol–water partition coefficient (Wildman–Crippen LogP) is 4.17. The highest BCUT2D eigenvalue weighted by molar-refractivity contribution is 5.92. The first kappa shape index (κ1) is 20.3. The maximum Gasteiger partial charge on any atom is 0.354 e. The maximum atomic E-state index is 11.4. The van der Waals surface area contributed by atoms with Gasteiger partial charge in [-0.15, -0.1) is 0 Å². The van der Waals surface area contributed by atoms with Crippen molar-refractivity contribution in [2.24, 2.45) is 0 Å². The van der Waals surface area contributed by atoms with Gasteiger partial charge in [0.25, 0.3) is 0 Å². The highest BCUT2D eigenvalue weighted by Crippen LogP contribution is 2.43. The molecule has 0 saturated carbocycles. The first-order chi connectivity index (χ1) is 14.2. The maximum absolute atomic E-state index is 11.4. The number of rotatable bonds is 4. The number of aromatic nitrogens is 1. The SMILES string of the molecule is Cc1cc(C(=O)O)nc2cc3c(cc12)OC(C)(C)C(O)C3NC(C)c1ccccc1. The van der Waals surface area contributed by atoms with Crippen LogP contribution in [-0.4, -0.2) is 32.9 Å². The van der Waals surface area contributed by atoms with E-state index in [1.54, 1.807) is 6.07 Å². The quantitative estimate of drug-likeness (QED) is 0.602. The standard InChI is InChI=1S/C24H26N2O4/c1-13-10-19(23(28)29)26-18-11-17-20(12-16(13)18)30-24(3,4)22(27)21(17)25-14(2)15-8-6-5-7-9-15/h5-12,14,21-22,25,27H,1-4H3,(H,28,29). The van der Waals surface area contributed by atoms with Crippen LogP contribution in [0.25, 0.3) is 10.9 Å². The number of pyridine rings is 1. The lowest BCUT2D eigenvalue weighted by molar-refractivity contribution is -0.0661. The van der Waals surface area contributed by atoms with E-state index in [-0.39, 0.29) is 11.7 Å². The first-order valence-corrected chi connectivity index (χ1v) is 10.0. The van der Waals surface area contributed by atoms with Gasteiger partial charge in [0, 0.05) is 17.0 Å². The third-order valence-corrected chi connectivity index (χ3v) is 5.83. The van der Waals surface area contributed by atoms with Gasteiger partial charge in [0.1, 0.15) is 23.1 Å². The first-order valence-electron chi connectivity index (χ1n) is 10.0. The topological polar surface area (TPSA) is 91.7 Å². The average Bonchev–Trinajstić information content (AvgIpc) is 2.71. The van der Waals surface area contributed by atoms with Gasteiger partial charge in [-0.2, -0.15) is 0 Å². The Morgan fingerprint density at radius 3 is 2.57 bits per heavy atom. The molecule has 2 heterocycles. The van der Waals surface area contributed by atoms with E-state index in [2.05, 4.69) is 17.2 Å². The highest BCUT2D eigenvalue weighted by Gasteiger charge is 2.43. The van der Waals surface area contributed by atoms with Crippen molar-refractivity contribution in [3.05, 3.63) is 70.9 Å². The summed E-state index contributed by atoms with van der Waals surface area (Å²) >= 11 is 0. The molecule has 4 rings (SSSR count). The number of nitrogens with zero attached hydrogens (tertiary/aromatic N) is 1. The molecule has 3 unspecified atom stereocenters. The largest absolute Gasteiger partial charge is 0.485 e. The molecule has 0 saturated heterocycles. The summed E-state index contributed by atoms with van der Waals surface area (Å²) in [6, 6.07) is 14.9. The van der Waals surface area contributed by atoms with Gasteiger partial charge in [-0.3, -0.25) is 0 Å². The van der Waals surface area contributed by atoms with Crippen LogP contribution in [-0.2, 0) is 0 Å². The Morgan fingerprint density at radius 2 is 1.90 bits per heavy atom. The monoisotopic (exact) mass is 406 g/mol. The van der Waals surface area contributed by atoms with Gasteiger partial charge in [-0.25, -0.2) is 9.78 Å². The number of aromatic carboxylic acids is 1. The van der Waals surface area contributed by atoms with E-state index in [1.807, 2.05) is 63.2 Å². The third-order valence-electron chi connectivity index (χ3n) is 5.83. The number of aliphatic hydroxyl groups excluding tert-OH is 1. The summed E-state index contributed by atoms with van der Waals surface area (Å²) < 4.78 is 6.16. The Balaban J connectivity index is 1.83. The summed E-state index contributed by atoms with van der Waals surface area (Å²) in [5.41, 5.74) is 2.47. The molecule has 2 aromatic carbocycles. The molecule has 156 valence electrons. The minimum Gasteiger partial charge on any atom is -0.485 e. The number of ether oxygens (including phenoxy) is 1. The van der Waals surface area contributed by atoms with Crippen LogP contribution in [0.3, 0.4) is 0 Å². The lowest BCUT2D eigenvalue weighted by atomic mass is 9.85. The van der Waals surface area contributed by atoms with Crippen LogP contribution in [0, 0.1) is 6.92 Å². The van der Waals surface area contributed by atoms with Crippen molar-refractivity contribution in [3.8, 4) is 5.75 Å². The van der Waals surface area contributed by atoms with Crippen molar-refractivity contribution in [2.75, 3.05) is 0 Å². The Hall–Kier alpha value is -2.96. The number of carbonyl (C=O) groups is 1. The molecular weight excluding hydrogens is 380 g/mol. The summed E-state index contributed by atoms with van der Waals surface area (Å²) in [6.07, 6.45) is -0.808. The smallest absolute Gasteiger partial charge is 0.354 e. The van der Waals surface area contributed by atoms with Gasteiger partial charge in [0.05, 0.1) is 11.6 Å². The van der Waals surface area contributed by atoms with Crippen LogP contribution in [0.5, 0.6) is 5.75 Å². The van der Waals surface area contributed by atoms with Crippen molar-refractivity contribution in [1.29, 1.82) is 0 Å². The summed E-state index contributed by atoms with van der Waals surface area (Å²) in [6.45, 7) is 7.64. The second kappa shape index (κ2) is 7.38. The van der Waals surface area contributed by atoms with Gasteiger partial charge in [-0.05, 0) is 57.0 Å². The number of aryl methyl sites for hydroxylation is 1. The van der Waals surface area contributed by atoms with Gasteiger partial charge in [0.2, 0.25) is 0 Å². The van der Waals surface area contributed by atoms with Crippen molar-refractivity contribution in [1.82, 2.24) is 10.3 Å². The second-order valence-electron chi connectivity index (χ2n) is 8.46. The summed E-state index contributed by atoms with van der Waals surface area (Å²) in [7, 11) is 0. The van der Waals surface area contributed by atoms with Crippen molar-refractivity contribution in [3.63, 3.8) is 0 Å². The molecular formula is C24H26N2O4. The van der Waals surface area contributed by atoms with Gasteiger partial charge in [-0.1, -0.05) is 30.3 Å². The fraction of sp³-hybridized carbons (Fsp3) is 0.333. The molecule has 1 aromatic heterocycles. The van der Waals surface area contributed by atoms with Crippen LogP contribution < -0.4 is 10.1 Å². The Morgan fingerprint density at radius 1 is 1.20 bits per heavy atom. The predicted molar refractivity (Wildman–Crippen MR) is 115 cm³/mol. The zero-order valence-corrected chi connectivity index (χ0v) is 17.5. The minimum atomic E-state index is -1.07. The number of hydrogen-bond acceptors (Lipinski definition) is 5. The zero-order valence-electron chi connectivity index (χ0n) is 17.5. The number of benzene rings is 2. The molecule has 0 bridgehead atoms. The molecule has 1 aliphatic rings. The molecule has 0 spiro atoms. The van der Waals surface area contributed by atoms with E-state index in [0.717, 1.165) is 22.1 Å². The van der Waals surface area contributed by atoms with E-state index >= 15 is 0 Å². The van der Waals surface area contributed by atoms with Gasteiger partial charge >= 0.3 is 5.97 Å². The second-order valence-corrected chi connectivity index (χ2v) is 8.46. The van der Waals surface area contributed by atoms with Crippen LogP contribution in [0.4, 0.5) is 0 Å². The van der Waals surface area contributed by atoms with E-state index in [9.17, 15) is 15.0 Å². The van der Waals surface area contributed by atoms with Crippen LogP contribution >= 0.6 is 0 Å². The molecule has 30 heavy (non-hydrogen) atoms. The number of carboxylic acids is 1. The number of fused-ring (bicyclic) bond motifs is 2. The van der Waals surface area contributed by atoms with Crippen molar-refractivity contribution >= 4 is 16.9 Å². The van der Waals surface area contributed by atoms with Crippen LogP contribution in [0.2, 0.25) is 0 Å². The molecule has 0 aliphatic carbocycles. The lowest BCUT2D eigenvalue weighted by Crippen LogP contribution is -2.52. The number of carboxylic acid groups (broad SMARTS) is 1. The van der Waals surface area contributed by atoms with Gasteiger partial charge < -0.3 is 20.3 Å². The van der Waals surface area contributed by atoms with E-state index < -0.39 is 23.7 Å². The molecule has 3 atom stereocenters. The molecule has 3 N–H and O–H groups in total. The van der Waals surface area contributed by atoms with Crippen LogP contribution in [0.15, 0.2) is 48.5 Å². The number of hydrogen-bond donors (Lipinski definition) is 3. The zero-order chi connectivity index (χ0) is 21.6. The molecule has 0 radical (unpaired) electrons. The van der Waals surface area contributed by atoms with Gasteiger partial charge in [0.15, 0.2) is 0 Å². The Kier molecular flexibility index (Phi) is 5.00. The Bertz CT molecular complexity index is 1110. The van der Waals surface area contributed by atoms with E-state index in [1.165, 1.54) is 0 Å². The third kappa shape index (κ3) is 3.53. The van der Waals surface area contributed by atoms with Crippen LogP contribution in [0.1, 0.15) is 60.0 Å². The minimum absolute atomic E-state index is 0.000260. The lowest BCUT2D eigenvalue weighted by Gasteiger charge is -2.43. The molecule has 0 amide bonds. The van der Waals surface area contributed by atoms with Crippen molar-refractivity contribution in [2.45, 2.75) is 51.5 Å². The summed E-state index contributed by atoms with van der Waals surface area (Å²) in [4.78, 5) is 15.8. The highest BCUT2D eigenvalue weighted by atomic mass is 16.5. The fourth-order valence-corrected chi connectivity index (χ4v) is 4.08. The fourth-order valence-electron chi connectivity index (χ4n) is 4.08. The number of nitrogens with one attached hydrogen (secondary N) is 1. The summed E-state index contributed by atoms with van der Waals surface area (Å²) in [5, 5.41) is 24.9. The van der Waals surface area contributed by atoms with E-state index in [4.69, 9.17) is 4.74 Å². The average molecular weight is 406 g/mol. The van der Waals surface area contributed by atoms with E-state index in [0.29, 0.717) is 11.3 Å². The normalized spacial score (nSPS) is 21.0. The molecule has 6 nitrogen and oxygen atoms in total. The summed E-state index contributed by atoms with van der Waals surface area (Å²) in [5.74, 6) is -0.397. The Labute approximate surface area is 175 Å². The molecule has 1 aliphatic heterocycles. The molecule has 0 fully saturated rings. The molecule has 3 aromatic rings.